The minimum atomic E-state index is -0.621. The molecule has 0 saturated carbocycles. The number of hydrogen-bond donors (Lipinski definition) is 0. The molecule has 1 aliphatic heterocycles. The Labute approximate surface area is 328 Å². The summed E-state index contributed by atoms with van der Waals surface area (Å²) in [5, 5.41) is 0. The van der Waals surface area contributed by atoms with Gasteiger partial charge in [-0.15, -0.1) is 0 Å². The first-order valence-corrected chi connectivity index (χ1v) is 19.1. The van der Waals surface area contributed by atoms with Gasteiger partial charge >= 0.3 is 0 Å². The summed E-state index contributed by atoms with van der Waals surface area (Å²) >= 11 is 0. The topological polar surface area (TPSA) is 22.1 Å². The fourth-order valence-electron chi connectivity index (χ4n) is 8.33. The molecule has 56 heavy (non-hydrogen) atoms. The van der Waals surface area contributed by atoms with Crippen LogP contribution in [0.25, 0.3) is 55.9 Å². The normalized spacial score (nSPS) is 12.6. The van der Waals surface area contributed by atoms with Gasteiger partial charge in [0.25, 0.3) is 0 Å². The average molecular weight is 716 g/mol. The van der Waals surface area contributed by atoms with Crippen LogP contribution >= 0.6 is 0 Å². The van der Waals surface area contributed by atoms with Crippen molar-refractivity contribution in [1.29, 1.82) is 0 Å². The van der Waals surface area contributed by atoms with E-state index in [1.165, 1.54) is 27.8 Å². The number of hydrogen-bond acceptors (Lipinski definition) is 2. The maximum absolute atomic E-state index is 6.58. The summed E-state index contributed by atoms with van der Waals surface area (Å²) in [6.07, 6.45) is 0. The van der Waals surface area contributed by atoms with Crippen LogP contribution in [-0.4, -0.2) is 4.98 Å². The lowest BCUT2D eigenvalue weighted by molar-refractivity contribution is 0.434. The molecule has 1 aliphatic rings. The van der Waals surface area contributed by atoms with Crippen LogP contribution in [0.2, 0.25) is 0 Å². The van der Waals surface area contributed by atoms with Crippen LogP contribution in [0.3, 0.4) is 0 Å². The highest BCUT2D eigenvalue weighted by molar-refractivity contribution is 5.80. The van der Waals surface area contributed by atoms with Crippen molar-refractivity contribution in [2.75, 3.05) is 0 Å². The van der Waals surface area contributed by atoms with Crippen molar-refractivity contribution in [2.24, 2.45) is 0 Å². The van der Waals surface area contributed by atoms with Crippen molar-refractivity contribution in [3.8, 4) is 67.4 Å². The Balaban J connectivity index is 1.15. The Bertz CT molecular complexity index is 2650. The quantitative estimate of drug-likeness (QED) is 0.164. The second-order valence-electron chi connectivity index (χ2n) is 14.3. The molecule has 0 radical (unpaired) electrons. The standard InChI is InChI=1S/C54H37NO/c1-4-15-38(16-5-1)40-27-29-42(30-28-40)45-36-50(43-33-31-41(32-34-43)39-17-6-2-7-18-39)55-51(37-45)44-19-14-22-47(35-44)54(46-20-8-3-9-21-46)48-23-10-12-25-52(48)56-53-26-13-11-24-49(53)54/h1-37H. The lowest BCUT2D eigenvalue weighted by Crippen LogP contribution is -2.34. The molecule has 0 atom stereocenters. The number of para-hydroxylation sites is 2. The molecule has 0 fully saturated rings. The number of nitrogens with zero attached hydrogens (tertiary/aromatic N) is 1. The molecule has 0 bridgehead atoms. The summed E-state index contributed by atoms with van der Waals surface area (Å²) in [5.41, 5.74) is 14.9. The highest BCUT2D eigenvalue weighted by Crippen LogP contribution is 2.55. The molecule has 2 heteroatoms. The lowest BCUT2D eigenvalue weighted by Gasteiger charge is -2.41. The molecule has 0 spiro atoms. The van der Waals surface area contributed by atoms with Crippen LogP contribution in [0.1, 0.15) is 22.3 Å². The summed E-state index contributed by atoms with van der Waals surface area (Å²) in [6.45, 7) is 0. The second-order valence-corrected chi connectivity index (χ2v) is 14.3. The summed E-state index contributed by atoms with van der Waals surface area (Å²) in [7, 11) is 0. The van der Waals surface area contributed by atoms with Crippen molar-refractivity contribution in [3.05, 3.63) is 247 Å². The van der Waals surface area contributed by atoms with Crippen molar-refractivity contribution in [3.63, 3.8) is 0 Å². The van der Waals surface area contributed by atoms with E-state index < -0.39 is 5.41 Å². The summed E-state index contributed by atoms with van der Waals surface area (Å²) < 4.78 is 6.58. The highest BCUT2D eigenvalue weighted by atomic mass is 16.5. The number of fused-ring (bicyclic) bond motifs is 2. The molecule has 0 aliphatic carbocycles. The predicted molar refractivity (Wildman–Crippen MR) is 230 cm³/mol. The van der Waals surface area contributed by atoms with Gasteiger partial charge < -0.3 is 4.74 Å². The lowest BCUT2D eigenvalue weighted by atomic mass is 9.63. The van der Waals surface area contributed by atoms with Gasteiger partial charge in [-0.1, -0.05) is 194 Å². The van der Waals surface area contributed by atoms with Gasteiger partial charge in [-0.2, -0.15) is 0 Å². The van der Waals surface area contributed by atoms with Crippen LogP contribution in [0, 0.1) is 0 Å². The Kier molecular flexibility index (Phi) is 8.42. The zero-order valence-electron chi connectivity index (χ0n) is 30.7. The van der Waals surface area contributed by atoms with E-state index in [4.69, 9.17) is 9.72 Å². The van der Waals surface area contributed by atoms with Gasteiger partial charge in [-0.05, 0) is 74.8 Å². The first-order chi connectivity index (χ1) is 27.7. The molecular formula is C54H37NO. The minimum absolute atomic E-state index is 0.621. The monoisotopic (exact) mass is 715 g/mol. The van der Waals surface area contributed by atoms with Gasteiger partial charge in [0.1, 0.15) is 11.5 Å². The van der Waals surface area contributed by atoms with Gasteiger partial charge in [-0.3, -0.25) is 0 Å². The molecule has 2 nitrogen and oxygen atoms in total. The number of benzene rings is 8. The number of aromatic nitrogens is 1. The van der Waals surface area contributed by atoms with Crippen LogP contribution in [0.5, 0.6) is 11.5 Å². The van der Waals surface area contributed by atoms with E-state index in [-0.39, 0.29) is 0 Å². The third-order valence-corrected chi connectivity index (χ3v) is 11.0. The van der Waals surface area contributed by atoms with E-state index in [2.05, 4.69) is 224 Å². The summed E-state index contributed by atoms with van der Waals surface area (Å²) in [6, 6.07) is 79.8. The maximum atomic E-state index is 6.58. The SMILES string of the molecule is c1ccc(-c2ccc(-c3cc(-c4ccc(-c5ccccc5)cc4)nc(-c4cccc(C5(c6ccccc6)c6ccccc6Oc6ccccc65)c4)c3)cc2)cc1. The third-order valence-electron chi connectivity index (χ3n) is 11.0. The third kappa shape index (κ3) is 5.89. The van der Waals surface area contributed by atoms with Crippen LogP contribution in [-0.2, 0) is 5.41 Å². The zero-order valence-corrected chi connectivity index (χ0v) is 30.7. The van der Waals surface area contributed by atoms with Crippen molar-refractivity contribution in [1.82, 2.24) is 4.98 Å². The molecule has 8 aromatic carbocycles. The van der Waals surface area contributed by atoms with Gasteiger partial charge in [0, 0.05) is 22.3 Å². The number of ether oxygens (including phenoxy) is 1. The maximum Gasteiger partial charge on any atom is 0.132 e. The van der Waals surface area contributed by atoms with Crippen molar-refractivity contribution in [2.45, 2.75) is 5.41 Å². The Morgan fingerprint density at radius 1 is 0.286 bits per heavy atom. The predicted octanol–water partition coefficient (Wildman–Crippen LogP) is 13.9. The zero-order chi connectivity index (χ0) is 37.3. The van der Waals surface area contributed by atoms with E-state index in [0.717, 1.165) is 61.8 Å². The van der Waals surface area contributed by atoms with Crippen molar-refractivity contribution < 1.29 is 4.74 Å². The molecule has 9 aromatic rings. The van der Waals surface area contributed by atoms with E-state index in [1.54, 1.807) is 0 Å². The van der Waals surface area contributed by atoms with Crippen LogP contribution < -0.4 is 4.74 Å². The van der Waals surface area contributed by atoms with E-state index in [1.807, 2.05) is 0 Å². The number of pyridine rings is 1. The largest absolute Gasteiger partial charge is 0.457 e. The molecule has 0 saturated heterocycles. The van der Waals surface area contributed by atoms with E-state index >= 15 is 0 Å². The molecule has 2 heterocycles. The molecule has 0 unspecified atom stereocenters. The first-order valence-electron chi connectivity index (χ1n) is 19.1. The van der Waals surface area contributed by atoms with E-state index in [9.17, 15) is 0 Å². The molecule has 0 amide bonds. The fraction of sp³-hybridized carbons (Fsp3) is 0.0185. The van der Waals surface area contributed by atoms with Gasteiger partial charge in [0.15, 0.2) is 0 Å². The van der Waals surface area contributed by atoms with Gasteiger partial charge in [-0.25, -0.2) is 4.98 Å². The van der Waals surface area contributed by atoms with Crippen LogP contribution in [0.15, 0.2) is 224 Å². The highest BCUT2D eigenvalue weighted by Gasteiger charge is 2.45. The van der Waals surface area contributed by atoms with Gasteiger partial charge in [0.05, 0.1) is 16.8 Å². The second kappa shape index (κ2) is 14.2. The Morgan fingerprint density at radius 2 is 0.679 bits per heavy atom. The Hall–Kier alpha value is -7.29. The molecule has 1 aromatic heterocycles. The number of rotatable bonds is 7. The summed E-state index contributed by atoms with van der Waals surface area (Å²) in [5.74, 6) is 1.72. The fourth-order valence-corrected chi connectivity index (χ4v) is 8.33. The molecule has 10 rings (SSSR count). The van der Waals surface area contributed by atoms with Crippen LogP contribution in [0.4, 0.5) is 0 Å². The van der Waals surface area contributed by atoms with E-state index in [0.29, 0.717) is 0 Å². The Morgan fingerprint density at radius 3 is 1.23 bits per heavy atom. The average Bonchev–Trinajstić information content (AvgIpc) is 3.29. The molecular weight excluding hydrogens is 679 g/mol. The molecule has 264 valence electrons. The molecule has 0 N–H and O–H groups in total. The van der Waals surface area contributed by atoms with Gasteiger partial charge in [0.2, 0.25) is 0 Å². The minimum Gasteiger partial charge on any atom is -0.457 e. The summed E-state index contributed by atoms with van der Waals surface area (Å²) in [4.78, 5) is 5.41. The van der Waals surface area contributed by atoms with Crippen molar-refractivity contribution >= 4 is 0 Å². The smallest absolute Gasteiger partial charge is 0.132 e. The first kappa shape index (κ1) is 33.3.